The molecule has 0 bridgehead atoms. The molecule has 0 aromatic rings. The highest BCUT2D eigenvalue weighted by Crippen LogP contribution is 2.26. The maximum absolute atomic E-state index is 11.3. The summed E-state index contributed by atoms with van der Waals surface area (Å²) < 4.78 is 53.6. The first-order valence-corrected chi connectivity index (χ1v) is 3.37. The zero-order valence-corrected chi connectivity index (χ0v) is 5.33. The maximum Gasteiger partial charge on any atom is 0.504 e. The second kappa shape index (κ2) is 2.15. The smallest absolute Gasteiger partial charge is 0.499 e. The summed E-state index contributed by atoms with van der Waals surface area (Å²) in [5.41, 5.74) is -5.46. The van der Waals surface area contributed by atoms with Gasteiger partial charge in [-0.25, -0.2) is 8.42 Å². The molecule has 0 radical (unpaired) electrons. The number of rotatable bonds is 1. The van der Waals surface area contributed by atoms with E-state index in [1.165, 1.54) is 0 Å². The first kappa shape index (κ1) is 9.28. The van der Waals surface area contributed by atoms with E-state index < -0.39 is 20.4 Å². The van der Waals surface area contributed by atoms with Crippen molar-refractivity contribution in [2.75, 3.05) is 0 Å². The summed E-state index contributed by atoms with van der Waals surface area (Å²) in [4.78, 5) is 0. The molecule has 0 heterocycles. The Balaban J connectivity index is 4.98. The van der Waals surface area contributed by atoms with Crippen LogP contribution in [-0.4, -0.2) is 19.0 Å². The molecule has 0 aliphatic heterocycles. The average molecular weight is 176 g/mol. The number of aliphatic hydroxyl groups is 1. The zero-order chi connectivity index (χ0) is 8.58. The second-order valence-corrected chi connectivity index (χ2v) is 3.28. The number of hydrogen-bond acceptors (Lipinski definition) is 3. The van der Waals surface area contributed by atoms with Gasteiger partial charge in [-0.1, -0.05) is 0 Å². The van der Waals surface area contributed by atoms with Crippen molar-refractivity contribution < 1.29 is 26.7 Å². The molecule has 0 unspecified atom stereocenters. The molecule has 0 aromatic heterocycles. The molecular formula is C3H3F3O3S. The van der Waals surface area contributed by atoms with Crippen LogP contribution < -0.4 is 0 Å². The van der Waals surface area contributed by atoms with Gasteiger partial charge in [0.25, 0.3) is 0 Å². The van der Waals surface area contributed by atoms with Crippen LogP contribution in [0.1, 0.15) is 0 Å². The fraction of sp³-hybridized carbons (Fsp3) is 0.333. The molecule has 0 aliphatic carbocycles. The van der Waals surface area contributed by atoms with E-state index in [0.717, 1.165) is 0 Å². The van der Waals surface area contributed by atoms with Crippen molar-refractivity contribution in [3.8, 4) is 0 Å². The minimum atomic E-state index is -5.55. The minimum absolute atomic E-state index is 1.89. The molecule has 0 fully saturated rings. The van der Waals surface area contributed by atoms with Crippen LogP contribution in [0.15, 0.2) is 11.7 Å². The van der Waals surface area contributed by atoms with Crippen LogP contribution in [0.5, 0.6) is 0 Å². The Kier molecular flexibility index (Phi) is 2.00. The molecule has 0 amide bonds. The normalized spacial score (nSPS) is 13.1. The summed E-state index contributed by atoms with van der Waals surface area (Å²) in [5.74, 6) is 0. The van der Waals surface area contributed by atoms with E-state index >= 15 is 0 Å². The third-order valence-electron chi connectivity index (χ3n) is 0.615. The fourth-order valence-corrected chi connectivity index (χ4v) is 0.401. The summed E-state index contributed by atoms with van der Waals surface area (Å²) in [5, 5.41) is 6.02. The van der Waals surface area contributed by atoms with Crippen molar-refractivity contribution in [2.45, 2.75) is 5.51 Å². The van der Waals surface area contributed by atoms with Crippen molar-refractivity contribution in [3.63, 3.8) is 0 Å². The maximum atomic E-state index is 11.3. The van der Waals surface area contributed by atoms with Crippen LogP contribution in [0.3, 0.4) is 0 Å². The van der Waals surface area contributed by atoms with Crippen LogP contribution in [0.2, 0.25) is 0 Å². The van der Waals surface area contributed by atoms with Gasteiger partial charge in [0.05, 0.1) is 0 Å². The summed E-state index contributed by atoms with van der Waals surface area (Å²) in [6.07, 6.45) is 0. The van der Waals surface area contributed by atoms with E-state index in [1.807, 2.05) is 0 Å². The average Bonchev–Trinajstić information content (AvgIpc) is 1.62. The lowest BCUT2D eigenvalue weighted by molar-refractivity contribution is -0.0435. The van der Waals surface area contributed by atoms with Gasteiger partial charge in [-0.2, -0.15) is 13.2 Å². The SMILES string of the molecule is C=C(O)S(=O)(=O)C(F)(F)F. The van der Waals surface area contributed by atoms with Gasteiger partial charge >= 0.3 is 15.3 Å². The van der Waals surface area contributed by atoms with E-state index in [2.05, 4.69) is 6.58 Å². The van der Waals surface area contributed by atoms with Crippen molar-refractivity contribution in [2.24, 2.45) is 0 Å². The van der Waals surface area contributed by atoms with Crippen molar-refractivity contribution in [1.82, 2.24) is 0 Å². The van der Waals surface area contributed by atoms with E-state index in [4.69, 9.17) is 5.11 Å². The lowest BCUT2D eigenvalue weighted by Crippen LogP contribution is -2.23. The second-order valence-electron chi connectivity index (χ2n) is 1.34. The van der Waals surface area contributed by atoms with Gasteiger partial charge in [0, 0.05) is 0 Å². The topological polar surface area (TPSA) is 54.4 Å². The lowest BCUT2D eigenvalue weighted by Gasteiger charge is -2.04. The Hall–Kier alpha value is -0.720. The Morgan fingerprint density at radius 3 is 1.70 bits per heavy atom. The van der Waals surface area contributed by atoms with Crippen molar-refractivity contribution >= 4 is 9.84 Å². The first-order chi connectivity index (χ1) is 4.19. The number of hydrogen-bond donors (Lipinski definition) is 1. The van der Waals surface area contributed by atoms with Crippen LogP contribution in [0.4, 0.5) is 13.2 Å². The van der Waals surface area contributed by atoms with Gasteiger partial charge in [-0.15, -0.1) is 0 Å². The van der Waals surface area contributed by atoms with Crippen LogP contribution in [-0.2, 0) is 9.84 Å². The third-order valence-corrected chi connectivity index (χ3v) is 1.84. The quantitative estimate of drug-likeness (QED) is 0.605. The van der Waals surface area contributed by atoms with E-state index in [-0.39, 0.29) is 0 Å². The molecule has 0 rings (SSSR count). The molecule has 0 aromatic carbocycles. The highest BCUT2D eigenvalue weighted by Gasteiger charge is 2.48. The summed E-state index contributed by atoms with van der Waals surface area (Å²) in [7, 11) is -5.55. The number of halogens is 3. The zero-order valence-electron chi connectivity index (χ0n) is 4.51. The van der Waals surface area contributed by atoms with E-state index in [0.29, 0.717) is 0 Å². The first-order valence-electron chi connectivity index (χ1n) is 1.89. The van der Waals surface area contributed by atoms with Crippen LogP contribution >= 0.6 is 0 Å². The summed E-state index contributed by atoms with van der Waals surface area (Å²) in [6.45, 7) is 2.24. The molecule has 0 atom stereocenters. The van der Waals surface area contributed by atoms with Gasteiger partial charge in [0.2, 0.25) is 5.09 Å². The van der Waals surface area contributed by atoms with Gasteiger partial charge < -0.3 is 5.11 Å². The Bertz CT molecular complexity index is 236. The number of aliphatic hydroxyl groups excluding tert-OH is 1. The molecular weight excluding hydrogens is 173 g/mol. The van der Waals surface area contributed by atoms with Gasteiger partial charge in [-0.05, 0) is 6.58 Å². The summed E-state index contributed by atoms with van der Waals surface area (Å²) >= 11 is 0. The van der Waals surface area contributed by atoms with Gasteiger partial charge in [0.1, 0.15) is 0 Å². The molecule has 60 valence electrons. The molecule has 7 heteroatoms. The Morgan fingerprint density at radius 1 is 1.40 bits per heavy atom. The van der Waals surface area contributed by atoms with Crippen molar-refractivity contribution in [3.05, 3.63) is 11.7 Å². The standard InChI is InChI=1S/C3H3F3O3S/c1-2(7)10(8,9)3(4,5)6/h7H,1H2. The monoisotopic (exact) mass is 176 g/mol. The largest absolute Gasteiger partial charge is 0.504 e. The molecule has 0 saturated carbocycles. The van der Waals surface area contributed by atoms with Gasteiger partial charge in [0.15, 0.2) is 0 Å². The predicted octanol–water partition coefficient (Wildman–Crippen LogP) is 0.950. The van der Waals surface area contributed by atoms with E-state index in [9.17, 15) is 21.6 Å². The highest BCUT2D eigenvalue weighted by atomic mass is 32.2. The predicted molar refractivity (Wildman–Crippen MR) is 26.7 cm³/mol. The van der Waals surface area contributed by atoms with Crippen molar-refractivity contribution in [1.29, 1.82) is 0 Å². The van der Waals surface area contributed by atoms with Crippen LogP contribution in [0, 0.1) is 0 Å². The third kappa shape index (κ3) is 1.41. The molecule has 0 aliphatic rings. The molecule has 0 saturated heterocycles. The highest BCUT2D eigenvalue weighted by molar-refractivity contribution is 7.95. The Labute approximate surface area is 54.7 Å². The molecule has 3 nitrogen and oxygen atoms in total. The summed E-state index contributed by atoms with van der Waals surface area (Å²) in [6, 6.07) is 0. The lowest BCUT2D eigenvalue weighted by atomic mass is 11.2. The molecule has 1 N–H and O–H groups in total. The number of sulfone groups is 1. The molecule has 0 spiro atoms. The van der Waals surface area contributed by atoms with Gasteiger partial charge in [-0.3, -0.25) is 0 Å². The Morgan fingerprint density at radius 2 is 1.70 bits per heavy atom. The van der Waals surface area contributed by atoms with E-state index in [1.54, 1.807) is 0 Å². The minimum Gasteiger partial charge on any atom is -0.499 e. The number of alkyl halides is 3. The molecule has 10 heavy (non-hydrogen) atoms. The fourth-order valence-electron chi connectivity index (χ4n) is 0.134. The van der Waals surface area contributed by atoms with Crippen LogP contribution in [0.25, 0.3) is 0 Å².